The molecular weight excluding hydrogens is 384 g/mol. The predicted octanol–water partition coefficient (Wildman–Crippen LogP) is 1.99. The number of carbonyl (C=O) groups is 1. The van der Waals surface area contributed by atoms with E-state index in [9.17, 15) is 14.4 Å². The highest BCUT2D eigenvalue weighted by molar-refractivity contribution is 6.00. The van der Waals surface area contributed by atoms with Crippen molar-refractivity contribution in [3.63, 3.8) is 0 Å². The summed E-state index contributed by atoms with van der Waals surface area (Å²) in [5.41, 5.74) is 2.01. The van der Waals surface area contributed by atoms with Crippen LogP contribution < -0.4 is 21.9 Å². The van der Waals surface area contributed by atoms with Crippen LogP contribution in [0.15, 0.2) is 27.8 Å². The number of hydrogen-bond acceptors (Lipinski definition) is 5. The van der Waals surface area contributed by atoms with Gasteiger partial charge in [-0.05, 0) is 31.9 Å². The first kappa shape index (κ1) is 21.4. The van der Waals surface area contributed by atoms with Crippen LogP contribution in [0.25, 0.3) is 11.2 Å². The number of nitrogens with one attached hydrogen (secondary N) is 3. The Morgan fingerprint density at radius 3 is 2.63 bits per heavy atom. The number of unbranched alkanes of at least 4 members (excludes halogenated alkanes) is 1. The number of hydrogen-bond donors (Lipinski definition) is 3. The van der Waals surface area contributed by atoms with Gasteiger partial charge in [0.25, 0.3) is 11.5 Å². The molecule has 0 aliphatic heterocycles. The van der Waals surface area contributed by atoms with E-state index < -0.39 is 11.2 Å². The second kappa shape index (κ2) is 8.98. The zero-order valence-corrected chi connectivity index (χ0v) is 17.8. The number of rotatable bonds is 8. The highest BCUT2D eigenvalue weighted by Gasteiger charge is 2.18. The first-order chi connectivity index (χ1) is 14.4. The van der Waals surface area contributed by atoms with Crippen molar-refractivity contribution < 1.29 is 4.79 Å². The molecule has 0 aliphatic rings. The fraction of sp³-hybridized carbons (Fsp3) is 0.429. The molecule has 0 spiro atoms. The third-order valence-corrected chi connectivity index (χ3v) is 5.18. The van der Waals surface area contributed by atoms with Crippen LogP contribution in [0.1, 0.15) is 48.4 Å². The van der Waals surface area contributed by atoms with E-state index >= 15 is 0 Å². The third-order valence-electron chi connectivity index (χ3n) is 5.18. The van der Waals surface area contributed by atoms with E-state index in [2.05, 4.69) is 20.6 Å². The molecule has 0 unspecified atom stereocenters. The molecule has 3 rings (SSSR count). The van der Waals surface area contributed by atoms with E-state index in [-0.39, 0.29) is 5.91 Å². The molecule has 3 aromatic rings. The molecule has 0 bridgehead atoms. The van der Waals surface area contributed by atoms with Gasteiger partial charge in [-0.25, -0.2) is 9.78 Å². The number of carbonyl (C=O) groups excluding carboxylic acids is 1. The number of H-pyrrole nitrogens is 1. The minimum Gasteiger partial charge on any atom is -0.377 e. The maximum atomic E-state index is 12.5. The largest absolute Gasteiger partial charge is 0.377 e. The molecular formula is C21H28N6O3. The number of aromatic amines is 1. The van der Waals surface area contributed by atoms with Gasteiger partial charge in [-0.2, -0.15) is 0 Å². The molecule has 1 amide bonds. The fourth-order valence-corrected chi connectivity index (χ4v) is 3.63. The average molecular weight is 412 g/mol. The standard InChI is InChI=1S/C21H28N6O3/c1-5-7-11-27-18-17(20(29)25-21(27)30)26(6-2)15(24-18)12-23-14-10-8-9-13(3)16(14)19(28)22-4/h8-10,23H,5-7,11-12H2,1-4H3,(H,22,28)(H,25,29,30). The molecule has 3 N–H and O–H groups in total. The zero-order chi connectivity index (χ0) is 21.8. The number of amides is 1. The van der Waals surface area contributed by atoms with Crippen LogP contribution in [0.3, 0.4) is 0 Å². The summed E-state index contributed by atoms with van der Waals surface area (Å²) >= 11 is 0. The fourth-order valence-electron chi connectivity index (χ4n) is 3.63. The Labute approximate surface area is 174 Å². The van der Waals surface area contributed by atoms with E-state index in [0.717, 1.165) is 18.4 Å². The van der Waals surface area contributed by atoms with Crippen LogP contribution in [-0.4, -0.2) is 32.1 Å². The highest BCUT2D eigenvalue weighted by atomic mass is 16.2. The third kappa shape index (κ3) is 3.87. The van der Waals surface area contributed by atoms with Crippen molar-refractivity contribution in [2.75, 3.05) is 12.4 Å². The monoisotopic (exact) mass is 412 g/mol. The van der Waals surface area contributed by atoms with Crippen LogP contribution in [0.5, 0.6) is 0 Å². The lowest BCUT2D eigenvalue weighted by Gasteiger charge is -2.14. The minimum atomic E-state index is -0.443. The highest BCUT2D eigenvalue weighted by Crippen LogP contribution is 2.21. The Bertz CT molecular complexity index is 1190. The van der Waals surface area contributed by atoms with Gasteiger partial charge in [0.2, 0.25) is 0 Å². The summed E-state index contributed by atoms with van der Waals surface area (Å²) < 4.78 is 3.33. The maximum absolute atomic E-state index is 12.5. The lowest BCUT2D eigenvalue weighted by Crippen LogP contribution is -2.31. The van der Waals surface area contributed by atoms with Crippen LogP contribution in [0.2, 0.25) is 0 Å². The quantitative estimate of drug-likeness (QED) is 0.524. The molecule has 0 fully saturated rings. The van der Waals surface area contributed by atoms with Crippen molar-refractivity contribution in [2.24, 2.45) is 0 Å². The van der Waals surface area contributed by atoms with Gasteiger partial charge < -0.3 is 15.2 Å². The number of imidazole rings is 1. The van der Waals surface area contributed by atoms with Crippen molar-refractivity contribution in [2.45, 2.75) is 53.2 Å². The Balaban J connectivity index is 2.05. The van der Waals surface area contributed by atoms with Crippen molar-refractivity contribution >= 4 is 22.8 Å². The van der Waals surface area contributed by atoms with Gasteiger partial charge in [-0.15, -0.1) is 0 Å². The minimum absolute atomic E-state index is 0.176. The molecule has 2 heterocycles. The number of nitrogens with zero attached hydrogens (tertiary/aromatic N) is 3. The van der Waals surface area contributed by atoms with Gasteiger partial charge in [0, 0.05) is 25.8 Å². The summed E-state index contributed by atoms with van der Waals surface area (Å²) in [6.45, 7) is 7.17. The number of fused-ring (bicyclic) bond motifs is 1. The molecule has 0 radical (unpaired) electrons. The van der Waals surface area contributed by atoms with Gasteiger partial charge in [0.05, 0.1) is 12.1 Å². The summed E-state index contributed by atoms with van der Waals surface area (Å²) in [6.07, 6.45) is 1.73. The van der Waals surface area contributed by atoms with Crippen LogP contribution in [0, 0.1) is 6.92 Å². The molecule has 0 aliphatic carbocycles. The van der Waals surface area contributed by atoms with Crippen molar-refractivity contribution in [1.29, 1.82) is 0 Å². The normalized spacial score (nSPS) is 11.1. The van der Waals surface area contributed by atoms with E-state index in [1.54, 1.807) is 11.6 Å². The molecule has 0 saturated carbocycles. The Morgan fingerprint density at radius 2 is 1.97 bits per heavy atom. The summed E-state index contributed by atoms with van der Waals surface area (Å²) in [5.74, 6) is 0.447. The SMILES string of the molecule is CCCCn1c(=O)[nH]c(=O)c2c1nc(CNc1cccc(C)c1C(=O)NC)n2CC. The molecule has 9 heteroatoms. The summed E-state index contributed by atoms with van der Waals surface area (Å²) in [7, 11) is 1.59. The van der Waals surface area contributed by atoms with Crippen LogP contribution >= 0.6 is 0 Å². The molecule has 2 aromatic heterocycles. The molecule has 0 atom stereocenters. The topological polar surface area (TPSA) is 114 Å². The number of aryl methyl sites for hydroxylation is 3. The summed E-state index contributed by atoms with van der Waals surface area (Å²) in [5, 5.41) is 5.94. The second-order valence-electron chi connectivity index (χ2n) is 7.14. The predicted molar refractivity (Wildman–Crippen MR) is 117 cm³/mol. The van der Waals surface area contributed by atoms with E-state index in [0.29, 0.717) is 47.9 Å². The number of anilines is 1. The molecule has 160 valence electrons. The van der Waals surface area contributed by atoms with Crippen molar-refractivity contribution in [3.05, 3.63) is 56.0 Å². The van der Waals surface area contributed by atoms with Gasteiger partial charge in [0.1, 0.15) is 5.82 Å². The Hall–Kier alpha value is -3.36. The van der Waals surface area contributed by atoms with E-state index in [4.69, 9.17) is 0 Å². The van der Waals surface area contributed by atoms with Gasteiger partial charge in [-0.3, -0.25) is 19.1 Å². The Kier molecular flexibility index (Phi) is 6.39. The summed E-state index contributed by atoms with van der Waals surface area (Å²) in [4.78, 5) is 44.2. The first-order valence-corrected chi connectivity index (χ1v) is 10.2. The Morgan fingerprint density at radius 1 is 1.20 bits per heavy atom. The average Bonchev–Trinajstić information content (AvgIpc) is 3.10. The molecule has 0 saturated heterocycles. The molecule has 30 heavy (non-hydrogen) atoms. The zero-order valence-electron chi connectivity index (χ0n) is 17.8. The van der Waals surface area contributed by atoms with Crippen molar-refractivity contribution in [1.82, 2.24) is 24.4 Å². The van der Waals surface area contributed by atoms with Gasteiger partial charge >= 0.3 is 5.69 Å². The summed E-state index contributed by atoms with van der Waals surface area (Å²) in [6, 6.07) is 5.59. The second-order valence-corrected chi connectivity index (χ2v) is 7.14. The number of aromatic nitrogens is 4. The smallest absolute Gasteiger partial charge is 0.330 e. The van der Waals surface area contributed by atoms with E-state index in [1.165, 1.54) is 4.57 Å². The molecule has 9 nitrogen and oxygen atoms in total. The maximum Gasteiger partial charge on any atom is 0.330 e. The van der Waals surface area contributed by atoms with Crippen LogP contribution in [0.4, 0.5) is 5.69 Å². The first-order valence-electron chi connectivity index (χ1n) is 10.2. The van der Waals surface area contributed by atoms with Crippen molar-refractivity contribution in [3.8, 4) is 0 Å². The lowest BCUT2D eigenvalue weighted by atomic mass is 10.1. The van der Waals surface area contributed by atoms with Gasteiger partial charge in [-0.1, -0.05) is 25.5 Å². The number of benzene rings is 1. The lowest BCUT2D eigenvalue weighted by molar-refractivity contribution is 0.0963. The van der Waals surface area contributed by atoms with E-state index in [1.807, 2.05) is 39.0 Å². The van der Waals surface area contributed by atoms with Gasteiger partial charge in [0.15, 0.2) is 11.2 Å². The molecule has 1 aromatic carbocycles. The van der Waals surface area contributed by atoms with Crippen LogP contribution in [-0.2, 0) is 19.6 Å².